The number of nitrogens with zero attached hydrogens (tertiary/aromatic N) is 2. The first-order chi connectivity index (χ1) is 29.5. The van der Waals surface area contributed by atoms with Gasteiger partial charge in [0.1, 0.15) is 0 Å². The Morgan fingerprint density at radius 2 is 1.00 bits per heavy atom. The highest BCUT2D eigenvalue weighted by Crippen LogP contribution is 2.52. The predicted octanol–water partition coefficient (Wildman–Crippen LogP) is 16.3. The zero-order valence-corrected chi connectivity index (χ0v) is 34.2. The molecule has 0 saturated heterocycles. The van der Waals surface area contributed by atoms with Crippen molar-refractivity contribution in [3.63, 3.8) is 0 Å². The van der Waals surface area contributed by atoms with E-state index in [0.717, 1.165) is 17.1 Å². The van der Waals surface area contributed by atoms with E-state index in [0.29, 0.717) is 0 Å². The number of para-hydroxylation sites is 2. The Hall–Kier alpha value is -7.20. The SMILES string of the molecule is CC1(C)c2ccccc2-c2ccc(N(c3ccc4c5ccccc5n(-c5c(-c6ccccc6)ccc6sc7ccccc7c56)c4c3)c3ccccc3-c3ccccc3)cc21. The summed E-state index contributed by atoms with van der Waals surface area (Å²) < 4.78 is 5.14. The van der Waals surface area contributed by atoms with E-state index in [1.54, 1.807) is 0 Å². The maximum atomic E-state index is 2.56. The van der Waals surface area contributed by atoms with E-state index in [2.05, 4.69) is 230 Å². The fourth-order valence-corrected chi connectivity index (χ4v) is 11.1. The van der Waals surface area contributed by atoms with Crippen LogP contribution in [-0.4, -0.2) is 4.57 Å². The topological polar surface area (TPSA) is 8.17 Å². The van der Waals surface area contributed by atoms with Gasteiger partial charge in [0, 0.05) is 58.9 Å². The van der Waals surface area contributed by atoms with Gasteiger partial charge in [-0.2, -0.15) is 0 Å². The summed E-state index contributed by atoms with van der Waals surface area (Å²) in [5, 5.41) is 5.04. The third-order valence-corrected chi connectivity index (χ3v) is 13.9. The van der Waals surface area contributed by atoms with Crippen molar-refractivity contribution in [3.05, 3.63) is 217 Å². The molecule has 284 valence electrons. The van der Waals surface area contributed by atoms with E-state index >= 15 is 0 Å². The van der Waals surface area contributed by atoms with Crippen LogP contribution in [0, 0.1) is 0 Å². The van der Waals surface area contributed by atoms with Crippen molar-refractivity contribution in [2.24, 2.45) is 0 Å². The minimum atomic E-state index is -0.140. The minimum Gasteiger partial charge on any atom is -0.310 e. The largest absolute Gasteiger partial charge is 0.310 e. The van der Waals surface area contributed by atoms with E-state index in [1.165, 1.54) is 92.2 Å². The van der Waals surface area contributed by atoms with Crippen LogP contribution in [0.4, 0.5) is 17.1 Å². The fraction of sp³-hybridized carbons (Fsp3) is 0.0526. The van der Waals surface area contributed by atoms with Crippen molar-refractivity contribution < 1.29 is 0 Å². The number of anilines is 3. The van der Waals surface area contributed by atoms with Crippen molar-refractivity contribution in [2.75, 3.05) is 4.90 Å². The number of fused-ring (bicyclic) bond motifs is 9. The summed E-state index contributed by atoms with van der Waals surface area (Å²) in [7, 11) is 0. The van der Waals surface area contributed by atoms with Crippen LogP contribution < -0.4 is 4.90 Å². The highest BCUT2D eigenvalue weighted by Gasteiger charge is 2.36. The molecule has 0 amide bonds. The monoisotopic (exact) mass is 784 g/mol. The van der Waals surface area contributed by atoms with Crippen molar-refractivity contribution in [1.82, 2.24) is 4.57 Å². The molecule has 0 fully saturated rings. The Balaban J connectivity index is 1.17. The Morgan fingerprint density at radius 3 is 1.82 bits per heavy atom. The van der Waals surface area contributed by atoms with Gasteiger partial charge in [0.05, 0.1) is 22.4 Å². The van der Waals surface area contributed by atoms with E-state index in [4.69, 9.17) is 0 Å². The molecular formula is C57H40N2S. The van der Waals surface area contributed by atoms with Crippen LogP contribution >= 0.6 is 11.3 Å². The van der Waals surface area contributed by atoms with Gasteiger partial charge >= 0.3 is 0 Å². The molecule has 2 heterocycles. The van der Waals surface area contributed by atoms with Gasteiger partial charge in [0.15, 0.2) is 0 Å². The van der Waals surface area contributed by atoms with Gasteiger partial charge in [-0.05, 0) is 81.9 Å². The van der Waals surface area contributed by atoms with Crippen LogP contribution in [0.2, 0.25) is 0 Å². The Kier molecular flexibility index (Phi) is 7.79. The third-order valence-electron chi connectivity index (χ3n) is 12.8. The van der Waals surface area contributed by atoms with Gasteiger partial charge in [-0.3, -0.25) is 0 Å². The molecule has 0 aliphatic heterocycles. The van der Waals surface area contributed by atoms with Crippen LogP contribution in [0.5, 0.6) is 0 Å². The average Bonchev–Trinajstić information content (AvgIpc) is 3.92. The van der Waals surface area contributed by atoms with Gasteiger partial charge < -0.3 is 9.47 Å². The molecule has 9 aromatic carbocycles. The lowest BCUT2D eigenvalue weighted by atomic mass is 9.82. The first kappa shape index (κ1) is 34.8. The normalized spacial score (nSPS) is 13.0. The Morgan fingerprint density at radius 1 is 0.417 bits per heavy atom. The van der Waals surface area contributed by atoms with E-state index in [-0.39, 0.29) is 5.41 Å². The molecule has 1 aliphatic rings. The molecule has 12 rings (SSSR count). The summed E-state index contributed by atoms with van der Waals surface area (Å²) in [4.78, 5) is 2.49. The molecule has 0 spiro atoms. The molecule has 2 aromatic heterocycles. The quantitative estimate of drug-likeness (QED) is 0.163. The molecule has 0 unspecified atom stereocenters. The van der Waals surface area contributed by atoms with Gasteiger partial charge in [0.2, 0.25) is 0 Å². The molecule has 2 nitrogen and oxygen atoms in total. The molecule has 0 saturated carbocycles. The summed E-state index contributed by atoms with van der Waals surface area (Å²) in [5.41, 5.74) is 17.0. The second-order valence-corrected chi connectivity index (χ2v) is 17.6. The van der Waals surface area contributed by atoms with Crippen LogP contribution in [0.1, 0.15) is 25.0 Å². The van der Waals surface area contributed by atoms with Crippen molar-refractivity contribution >= 4 is 70.4 Å². The second kappa shape index (κ2) is 13.4. The summed E-state index contributed by atoms with van der Waals surface area (Å²) in [5.74, 6) is 0. The van der Waals surface area contributed by atoms with Gasteiger partial charge in [-0.1, -0.05) is 172 Å². The zero-order chi connectivity index (χ0) is 40.0. The smallest absolute Gasteiger partial charge is 0.0633 e. The molecule has 60 heavy (non-hydrogen) atoms. The average molecular weight is 785 g/mol. The number of rotatable bonds is 6. The third kappa shape index (κ3) is 5.19. The van der Waals surface area contributed by atoms with Crippen molar-refractivity contribution in [3.8, 4) is 39.1 Å². The van der Waals surface area contributed by atoms with Gasteiger partial charge in [0.25, 0.3) is 0 Å². The maximum Gasteiger partial charge on any atom is 0.0633 e. The number of benzene rings is 9. The zero-order valence-electron chi connectivity index (χ0n) is 33.4. The van der Waals surface area contributed by atoms with E-state index < -0.39 is 0 Å². The van der Waals surface area contributed by atoms with E-state index in [9.17, 15) is 0 Å². The summed E-state index contributed by atoms with van der Waals surface area (Å²) in [6.07, 6.45) is 0. The summed E-state index contributed by atoms with van der Waals surface area (Å²) in [6.45, 7) is 4.74. The standard InChI is InChI=1S/C57H40N2S/c1-57(2)48-25-13-9-22-43(48)44-31-29-39(35-49(44)57)58(50-26-14-10-21-41(50)37-17-5-3-6-18-37)40-30-32-46-45-23-11-15-27-51(45)59(52(46)36-40)56-42(38-19-7-4-8-20-38)33-34-54-55(56)47-24-12-16-28-53(47)60-54/h3-36H,1-2H3. The molecule has 0 bridgehead atoms. The van der Waals surface area contributed by atoms with Crippen LogP contribution in [-0.2, 0) is 5.41 Å². The van der Waals surface area contributed by atoms with Crippen LogP contribution in [0.25, 0.3) is 81.0 Å². The molecule has 3 heteroatoms. The Labute approximate surface area is 353 Å². The van der Waals surface area contributed by atoms with E-state index in [1.807, 2.05) is 11.3 Å². The first-order valence-electron chi connectivity index (χ1n) is 20.8. The number of hydrogen-bond acceptors (Lipinski definition) is 2. The van der Waals surface area contributed by atoms with Crippen molar-refractivity contribution in [1.29, 1.82) is 0 Å². The first-order valence-corrected chi connectivity index (χ1v) is 21.6. The van der Waals surface area contributed by atoms with Crippen molar-refractivity contribution in [2.45, 2.75) is 19.3 Å². The highest BCUT2D eigenvalue weighted by molar-refractivity contribution is 7.25. The lowest BCUT2D eigenvalue weighted by Crippen LogP contribution is -2.17. The molecule has 1 aliphatic carbocycles. The molecule has 0 radical (unpaired) electrons. The Bertz CT molecular complexity index is 3460. The number of hydrogen-bond donors (Lipinski definition) is 0. The van der Waals surface area contributed by atoms with Gasteiger partial charge in [-0.25, -0.2) is 0 Å². The lowest BCUT2D eigenvalue weighted by Gasteiger charge is -2.30. The molecule has 0 atom stereocenters. The number of thiophene rings is 1. The summed E-state index contributed by atoms with van der Waals surface area (Å²) >= 11 is 1.87. The van der Waals surface area contributed by atoms with Crippen LogP contribution in [0.3, 0.4) is 0 Å². The van der Waals surface area contributed by atoms with Gasteiger partial charge in [-0.15, -0.1) is 11.3 Å². The molecule has 11 aromatic rings. The minimum absolute atomic E-state index is 0.140. The molecular weight excluding hydrogens is 745 g/mol. The number of aromatic nitrogens is 1. The predicted molar refractivity (Wildman–Crippen MR) is 257 cm³/mol. The summed E-state index contributed by atoms with van der Waals surface area (Å²) in [6, 6.07) is 76.2. The lowest BCUT2D eigenvalue weighted by molar-refractivity contribution is 0.660. The van der Waals surface area contributed by atoms with Crippen LogP contribution in [0.15, 0.2) is 206 Å². The maximum absolute atomic E-state index is 2.56. The second-order valence-electron chi connectivity index (χ2n) is 16.5. The molecule has 0 N–H and O–H groups in total. The highest BCUT2D eigenvalue weighted by atomic mass is 32.1. The fourth-order valence-electron chi connectivity index (χ4n) is 10.0.